The standard InChI is InChI=1S/C31H30BrN5O5/c32-21-6-4-20(5-7-21)29(38)27-17-16-26-28(36(27)33-22-8-10-25(11-9-22)37(41)42)31(40)35(30(26)39)24-14-12-23(13-15-24)34-18-2-1-3-19-34/h4-17,26-29,33,38H,1-3,18-19H2/t26?,27-,28+,29-/m1/s1. The molecule has 1 unspecified atom stereocenters. The van der Waals surface area contributed by atoms with Gasteiger partial charge in [-0.25, -0.2) is 9.91 Å². The number of hydrazine groups is 1. The third-order valence-electron chi connectivity index (χ3n) is 8.16. The van der Waals surface area contributed by atoms with E-state index in [1.165, 1.54) is 35.6 Å². The molecule has 0 bridgehead atoms. The molecule has 2 amide bonds. The van der Waals surface area contributed by atoms with Gasteiger partial charge in [0.25, 0.3) is 11.6 Å². The molecule has 3 aliphatic rings. The Labute approximate surface area is 251 Å². The number of carbonyl (C=O) groups excluding carboxylic acids is 2. The zero-order valence-corrected chi connectivity index (χ0v) is 24.3. The van der Waals surface area contributed by atoms with Gasteiger partial charge in [-0.15, -0.1) is 0 Å². The monoisotopic (exact) mass is 631 g/mol. The molecule has 2 fully saturated rings. The van der Waals surface area contributed by atoms with E-state index in [2.05, 4.69) is 26.3 Å². The van der Waals surface area contributed by atoms with Crippen LogP contribution in [0.4, 0.5) is 22.7 Å². The van der Waals surface area contributed by atoms with E-state index in [4.69, 9.17) is 0 Å². The molecular formula is C31H30BrN5O5. The summed E-state index contributed by atoms with van der Waals surface area (Å²) in [5.41, 5.74) is 5.78. The number of benzene rings is 3. The highest BCUT2D eigenvalue weighted by Gasteiger charge is 2.54. The summed E-state index contributed by atoms with van der Waals surface area (Å²) < 4.78 is 0.858. The Kier molecular flexibility index (Phi) is 7.80. The van der Waals surface area contributed by atoms with Crippen LogP contribution in [0.25, 0.3) is 0 Å². The van der Waals surface area contributed by atoms with Gasteiger partial charge in [0, 0.05) is 41.1 Å². The predicted molar refractivity (Wildman–Crippen MR) is 163 cm³/mol. The van der Waals surface area contributed by atoms with Crippen molar-refractivity contribution in [1.29, 1.82) is 0 Å². The fourth-order valence-electron chi connectivity index (χ4n) is 5.95. The lowest BCUT2D eigenvalue weighted by Crippen LogP contribution is -2.55. The smallest absolute Gasteiger partial charge is 0.269 e. The number of nitro benzene ring substituents is 1. The van der Waals surface area contributed by atoms with E-state index >= 15 is 0 Å². The molecule has 3 aliphatic heterocycles. The molecule has 6 rings (SSSR count). The van der Waals surface area contributed by atoms with Gasteiger partial charge in [0.15, 0.2) is 0 Å². The van der Waals surface area contributed by atoms with Crippen LogP contribution in [0.3, 0.4) is 0 Å². The molecule has 2 saturated heterocycles. The number of fused-ring (bicyclic) bond motifs is 1. The maximum absolute atomic E-state index is 14.0. The fourth-order valence-corrected chi connectivity index (χ4v) is 6.22. The Morgan fingerprint density at radius 3 is 2.14 bits per heavy atom. The summed E-state index contributed by atoms with van der Waals surface area (Å²) in [6.07, 6.45) is 5.91. The summed E-state index contributed by atoms with van der Waals surface area (Å²) in [5, 5.41) is 24.2. The van der Waals surface area contributed by atoms with Gasteiger partial charge in [-0.3, -0.25) is 19.7 Å². The van der Waals surface area contributed by atoms with Crippen LogP contribution in [0.5, 0.6) is 0 Å². The second-order valence-corrected chi connectivity index (χ2v) is 11.7. The third-order valence-corrected chi connectivity index (χ3v) is 8.68. The normalized spacial score (nSPS) is 23.1. The molecule has 0 saturated carbocycles. The summed E-state index contributed by atoms with van der Waals surface area (Å²) in [4.78, 5) is 41.9. The van der Waals surface area contributed by atoms with Crippen LogP contribution >= 0.6 is 15.9 Å². The number of amides is 2. The largest absolute Gasteiger partial charge is 0.386 e. The molecule has 2 N–H and O–H groups in total. The minimum atomic E-state index is -1.04. The molecule has 4 atom stereocenters. The summed E-state index contributed by atoms with van der Waals surface area (Å²) in [6.45, 7) is 1.97. The number of aliphatic hydroxyl groups excluding tert-OH is 1. The highest BCUT2D eigenvalue weighted by molar-refractivity contribution is 9.10. The van der Waals surface area contributed by atoms with Gasteiger partial charge in [-0.05, 0) is 73.4 Å². The van der Waals surface area contributed by atoms with Crippen LogP contribution in [-0.2, 0) is 9.59 Å². The van der Waals surface area contributed by atoms with E-state index in [0.717, 1.165) is 36.1 Å². The SMILES string of the molecule is O=C1C2C=C[C@H]([C@H](O)c3ccc(Br)cc3)N(Nc3ccc([N+](=O)[O-])cc3)[C@@H]2C(=O)N1c1ccc(N2CCCCC2)cc1. The zero-order chi connectivity index (χ0) is 29.4. The van der Waals surface area contributed by atoms with Crippen molar-refractivity contribution in [2.75, 3.05) is 28.3 Å². The van der Waals surface area contributed by atoms with E-state index in [1.807, 2.05) is 36.4 Å². The number of halogens is 1. The Morgan fingerprint density at radius 1 is 0.857 bits per heavy atom. The summed E-state index contributed by atoms with van der Waals surface area (Å²) in [6, 6.07) is 18.9. The second kappa shape index (κ2) is 11.7. The Morgan fingerprint density at radius 2 is 1.50 bits per heavy atom. The Bertz CT molecular complexity index is 1510. The maximum atomic E-state index is 14.0. The molecular weight excluding hydrogens is 602 g/mol. The van der Waals surface area contributed by atoms with Crippen LogP contribution in [0, 0.1) is 16.0 Å². The number of non-ortho nitro benzene ring substituents is 1. The van der Waals surface area contributed by atoms with Crippen LogP contribution in [0.1, 0.15) is 30.9 Å². The lowest BCUT2D eigenvalue weighted by atomic mass is 9.90. The highest BCUT2D eigenvalue weighted by atomic mass is 79.9. The molecule has 0 spiro atoms. The van der Waals surface area contributed by atoms with E-state index in [0.29, 0.717) is 16.9 Å². The molecule has 3 aromatic rings. The van der Waals surface area contributed by atoms with Gasteiger partial charge >= 0.3 is 0 Å². The second-order valence-electron chi connectivity index (χ2n) is 10.7. The van der Waals surface area contributed by atoms with E-state index in [9.17, 15) is 24.8 Å². The number of carbonyl (C=O) groups is 2. The quantitative estimate of drug-likeness (QED) is 0.158. The summed E-state index contributed by atoms with van der Waals surface area (Å²) in [5.74, 6) is -1.54. The number of hydrogen-bond acceptors (Lipinski definition) is 8. The number of piperidine rings is 1. The number of rotatable bonds is 7. The zero-order valence-electron chi connectivity index (χ0n) is 22.7. The van der Waals surface area contributed by atoms with Crippen molar-refractivity contribution in [3.8, 4) is 0 Å². The molecule has 216 valence electrons. The number of hydrogen-bond donors (Lipinski definition) is 2. The predicted octanol–water partition coefficient (Wildman–Crippen LogP) is 5.21. The van der Waals surface area contributed by atoms with Crippen molar-refractivity contribution in [3.63, 3.8) is 0 Å². The van der Waals surface area contributed by atoms with Crippen molar-refractivity contribution < 1.29 is 19.6 Å². The van der Waals surface area contributed by atoms with Crippen molar-refractivity contribution in [2.45, 2.75) is 37.5 Å². The number of imide groups is 1. The summed E-state index contributed by atoms with van der Waals surface area (Å²) in [7, 11) is 0. The minimum absolute atomic E-state index is 0.0743. The fraction of sp³-hybridized carbons (Fsp3) is 0.290. The van der Waals surface area contributed by atoms with Gasteiger partial charge in [-0.1, -0.05) is 40.2 Å². The first-order chi connectivity index (χ1) is 20.3. The number of anilines is 3. The first kappa shape index (κ1) is 28.1. The van der Waals surface area contributed by atoms with Crippen molar-refractivity contribution >= 4 is 50.5 Å². The molecule has 0 aliphatic carbocycles. The Hall–Kier alpha value is -4.06. The molecule has 3 aromatic carbocycles. The van der Waals surface area contributed by atoms with Crippen molar-refractivity contribution in [1.82, 2.24) is 5.01 Å². The number of nitro groups is 1. The summed E-state index contributed by atoms with van der Waals surface area (Å²) >= 11 is 3.41. The van der Waals surface area contributed by atoms with Gasteiger partial charge in [0.2, 0.25) is 5.91 Å². The van der Waals surface area contributed by atoms with Gasteiger partial charge in [-0.2, -0.15) is 0 Å². The molecule has 0 aromatic heterocycles. The van der Waals surface area contributed by atoms with Crippen molar-refractivity contribution in [3.05, 3.63) is 105 Å². The first-order valence-corrected chi connectivity index (χ1v) is 14.8. The third kappa shape index (κ3) is 5.31. The van der Waals surface area contributed by atoms with Gasteiger partial charge < -0.3 is 15.4 Å². The molecule has 10 nitrogen and oxygen atoms in total. The number of nitrogens with one attached hydrogen (secondary N) is 1. The van der Waals surface area contributed by atoms with Crippen LogP contribution < -0.4 is 15.2 Å². The van der Waals surface area contributed by atoms with E-state index < -0.39 is 34.9 Å². The average molecular weight is 633 g/mol. The van der Waals surface area contributed by atoms with Crippen LogP contribution in [0.2, 0.25) is 0 Å². The molecule has 3 heterocycles. The molecule has 0 radical (unpaired) electrons. The highest BCUT2D eigenvalue weighted by Crippen LogP contribution is 2.38. The Balaban J connectivity index is 1.32. The van der Waals surface area contributed by atoms with E-state index in [-0.39, 0.29) is 11.6 Å². The average Bonchev–Trinajstić information content (AvgIpc) is 3.27. The number of aliphatic hydroxyl groups is 1. The first-order valence-electron chi connectivity index (χ1n) is 14.0. The van der Waals surface area contributed by atoms with Crippen LogP contribution in [-0.4, -0.2) is 52.0 Å². The minimum Gasteiger partial charge on any atom is -0.386 e. The lowest BCUT2D eigenvalue weighted by Gasteiger charge is -2.40. The topological polar surface area (TPSA) is 119 Å². The lowest BCUT2D eigenvalue weighted by molar-refractivity contribution is -0.384. The molecule has 42 heavy (non-hydrogen) atoms. The molecule has 11 heteroatoms. The van der Waals surface area contributed by atoms with Gasteiger partial charge in [0.05, 0.1) is 28.7 Å². The number of nitrogens with zero attached hydrogens (tertiary/aromatic N) is 4. The van der Waals surface area contributed by atoms with Crippen molar-refractivity contribution in [2.24, 2.45) is 5.92 Å². The van der Waals surface area contributed by atoms with Gasteiger partial charge in [0.1, 0.15) is 6.04 Å². The maximum Gasteiger partial charge on any atom is 0.269 e. The van der Waals surface area contributed by atoms with Crippen LogP contribution in [0.15, 0.2) is 89.4 Å². The van der Waals surface area contributed by atoms with E-state index in [1.54, 1.807) is 29.3 Å².